The van der Waals surface area contributed by atoms with Crippen LogP contribution >= 0.6 is 23.4 Å². The van der Waals surface area contributed by atoms with Gasteiger partial charge in [-0.25, -0.2) is 9.37 Å². The Bertz CT molecular complexity index is 403. The van der Waals surface area contributed by atoms with E-state index in [9.17, 15) is 9.18 Å². The summed E-state index contributed by atoms with van der Waals surface area (Å²) in [6.07, 6.45) is 2.99. The van der Waals surface area contributed by atoms with E-state index in [-0.39, 0.29) is 10.7 Å². The van der Waals surface area contributed by atoms with Crippen LogP contribution in [-0.4, -0.2) is 29.4 Å². The van der Waals surface area contributed by atoms with Crippen LogP contribution < -0.4 is 5.32 Å². The topological polar surface area (TPSA) is 42.0 Å². The molecule has 1 atom stereocenters. The Morgan fingerprint density at radius 2 is 2.41 bits per heavy atom. The molecule has 1 aromatic rings. The van der Waals surface area contributed by atoms with Crippen molar-refractivity contribution >= 4 is 29.3 Å². The molecule has 0 fully saturated rings. The number of nitrogens with zero attached hydrogens (tertiary/aromatic N) is 1. The molecule has 0 bridgehead atoms. The van der Waals surface area contributed by atoms with Crippen LogP contribution in [0.1, 0.15) is 17.3 Å². The highest BCUT2D eigenvalue weighted by molar-refractivity contribution is 7.98. The highest BCUT2D eigenvalue weighted by Crippen LogP contribution is 2.13. The Morgan fingerprint density at radius 3 is 3.06 bits per heavy atom. The van der Waals surface area contributed by atoms with Crippen LogP contribution in [-0.2, 0) is 0 Å². The number of halogens is 2. The lowest BCUT2D eigenvalue weighted by Gasteiger charge is -2.11. The van der Waals surface area contributed by atoms with Gasteiger partial charge in [0.1, 0.15) is 11.0 Å². The molecule has 6 heteroatoms. The molecule has 17 heavy (non-hydrogen) atoms. The molecule has 1 amide bonds. The van der Waals surface area contributed by atoms with Gasteiger partial charge in [0, 0.05) is 6.54 Å². The van der Waals surface area contributed by atoms with Gasteiger partial charge in [-0.3, -0.25) is 4.79 Å². The van der Waals surface area contributed by atoms with Crippen LogP contribution in [0.2, 0.25) is 5.15 Å². The fourth-order valence-electron chi connectivity index (χ4n) is 1.29. The quantitative estimate of drug-likeness (QED) is 0.841. The van der Waals surface area contributed by atoms with E-state index in [1.807, 2.05) is 13.2 Å². The van der Waals surface area contributed by atoms with Crippen LogP contribution in [0.4, 0.5) is 4.39 Å². The number of hydrogen-bond acceptors (Lipinski definition) is 3. The molecule has 0 aliphatic rings. The van der Waals surface area contributed by atoms with Gasteiger partial charge in [0.05, 0.1) is 11.8 Å². The lowest BCUT2D eigenvalue weighted by molar-refractivity contribution is 0.0948. The minimum Gasteiger partial charge on any atom is -0.352 e. The van der Waals surface area contributed by atoms with E-state index in [4.69, 9.17) is 11.6 Å². The van der Waals surface area contributed by atoms with E-state index >= 15 is 0 Å². The summed E-state index contributed by atoms with van der Waals surface area (Å²) in [5, 5.41) is 2.72. The second kappa shape index (κ2) is 6.81. The molecule has 0 spiro atoms. The summed E-state index contributed by atoms with van der Waals surface area (Å²) < 4.78 is 12.9. The minimum absolute atomic E-state index is 0.0152. The van der Waals surface area contributed by atoms with Gasteiger partial charge in [-0.1, -0.05) is 18.5 Å². The van der Waals surface area contributed by atoms with Crippen molar-refractivity contribution in [1.29, 1.82) is 0 Å². The zero-order chi connectivity index (χ0) is 12.8. The Morgan fingerprint density at radius 1 is 1.71 bits per heavy atom. The van der Waals surface area contributed by atoms with Crippen molar-refractivity contribution in [3.05, 3.63) is 28.8 Å². The van der Waals surface area contributed by atoms with E-state index < -0.39 is 11.7 Å². The summed E-state index contributed by atoms with van der Waals surface area (Å²) in [5.74, 6) is 0.344. The zero-order valence-corrected chi connectivity index (χ0v) is 11.2. The Kier molecular flexibility index (Phi) is 5.71. The Hall–Kier alpha value is -0.810. The largest absolute Gasteiger partial charge is 0.352 e. The summed E-state index contributed by atoms with van der Waals surface area (Å²) in [6.45, 7) is 2.56. The van der Waals surface area contributed by atoms with Crippen molar-refractivity contribution < 1.29 is 9.18 Å². The zero-order valence-electron chi connectivity index (χ0n) is 9.67. The van der Waals surface area contributed by atoms with Gasteiger partial charge in [0.2, 0.25) is 0 Å². The van der Waals surface area contributed by atoms with Crippen LogP contribution in [0.25, 0.3) is 0 Å². The second-order valence-corrected chi connectivity index (χ2v) is 5.03. The van der Waals surface area contributed by atoms with E-state index in [1.54, 1.807) is 11.8 Å². The minimum atomic E-state index is -0.572. The summed E-state index contributed by atoms with van der Waals surface area (Å²) in [6, 6.07) is 1.09. The number of thioether (sulfide) groups is 1. The van der Waals surface area contributed by atoms with E-state index in [1.165, 1.54) is 0 Å². The molecule has 1 aromatic heterocycles. The number of carbonyl (C=O) groups excluding carboxylic acids is 1. The fraction of sp³-hybridized carbons (Fsp3) is 0.455. The van der Waals surface area contributed by atoms with E-state index in [0.29, 0.717) is 12.5 Å². The maximum atomic E-state index is 12.9. The number of amides is 1. The van der Waals surface area contributed by atoms with Crippen molar-refractivity contribution in [1.82, 2.24) is 10.3 Å². The molecule has 0 aliphatic heterocycles. The molecule has 1 unspecified atom stereocenters. The van der Waals surface area contributed by atoms with Gasteiger partial charge in [0.15, 0.2) is 0 Å². The number of rotatable bonds is 5. The smallest absolute Gasteiger partial charge is 0.254 e. The molecule has 94 valence electrons. The third kappa shape index (κ3) is 4.52. The highest BCUT2D eigenvalue weighted by Gasteiger charge is 2.13. The molecule has 3 nitrogen and oxygen atoms in total. The number of nitrogens with one attached hydrogen (secondary N) is 1. The van der Waals surface area contributed by atoms with Gasteiger partial charge >= 0.3 is 0 Å². The molecular weight excluding hydrogens is 263 g/mol. The first-order valence-electron chi connectivity index (χ1n) is 5.12. The molecule has 1 heterocycles. The van der Waals surface area contributed by atoms with Gasteiger partial charge < -0.3 is 5.32 Å². The van der Waals surface area contributed by atoms with E-state index in [2.05, 4.69) is 10.3 Å². The molecule has 1 rings (SSSR count). The molecule has 0 aromatic carbocycles. The number of aromatic nitrogens is 1. The van der Waals surface area contributed by atoms with Crippen LogP contribution in [0, 0.1) is 11.7 Å². The van der Waals surface area contributed by atoms with Crippen molar-refractivity contribution in [2.75, 3.05) is 18.6 Å². The van der Waals surface area contributed by atoms with Crippen molar-refractivity contribution in [3.8, 4) is 0 Å². The average molecular weight is 277 g/mol. The molecular formula is C11H14ClFN2OS. The standard InChI is InChI=1S/C11H14ClFN2OS/c1-7(6-17-2)4-15-11(16)9-3-8(13)5-14-10(9)12/h3,5,7H,4,6H2,1-2H3,(H,15,16). The first kappa shape index (κ1) is 14.3. The Balaban J connectivity index is 2.61. The number of hydrogen-bond donors (Lipinski definition) is 1. The summed E-state index contributed by atoms with van der Waals surface area (Å²) >= 11 is 7.44. The van der Waals surface area contributed by atoms with Gasteiger partial charge in [-0.2, -0.15) is 11.8 Å². The third-order valence-electron chi connectivity index (χ3n) is 2.11. The number of carbonyl (C=O) groups is 1. The maximum absolute atomic E-state index is 12.9. The lowest BCUT2D eigenvalue weighted by Crippen LogP contribution is -2.29. The predicted octanol–water partition coefficient (Wildman–Crippen LogP) is 2.60. The van der Waals surface area contributed by atoms with Crippen molar-refractivity contribution in [2.45, 2.75) is 6.92 Å². The molecule has 0 radical (unpaired) electrons. The highest BCUT2D eigenvalue weighted by atomic mass is 35.5. The third-order valence-corrected chi connectivity index (χ3v) is 3.32. The van der Waals surface area contributed by atoms with E-state index in [0.717, 1.165) is 18.0 Å². The predicted molar refractivity (Wildman–Crippen MR) is 69.1 cm³/mol. The van der Waals surface area contributed by atoms with Gasteiger partial charge in [-0.05, 0) is 24.0 Å². The van der Waals surface area contributed by atoms with Crippen LogP contribution in [0.3, 0.4) is 0 Å². The summed E-state index contributed by atoms with van der Waals surface area (Å²) in [7, 11) is 0. The molecule has 0 aliphatic carbocycles. The number of pyridine rings is 1. The van der Waals surface area contributed by atoms with Crippen molar-refractivity contribution in [2.24, 2.45) is 5.92 Å². The average Bonchev–Trinajstić information content (AvgIpc) is 2.29. The Labute approximate surface area is 109 Å². The summed E-state index contributed by atoms with van der Waals surface area (Å²) in [5.41, 5.74) is 0.0722. The molecule has 1 N–H and O–H groups in total. The van der Waals surface area contributed by atoms with Crippen molar-refractivity contribution in [3.63, 3.8) is 0 Å². The SMILES string of the molecule is CSCC(C)CNC(=O)c1cc(F)cnc1Cl. The second-order valence-electron chi connectivity index (χ2n) is 3.76. The van der Waals surface area contributed by atoms with Crippen LogP contribution in [0.15, 0.2) is 12.3 Å². The first-order valence-corrected chi connectivity index (χ1v) is 6.90. The monoisotopic (exact) mass is 276 g/mol. The lowest BCUT2D eigenvalue weighted by atomic mass is 10.2. The molecule has 0 saturated heterocycles. The molecule has 0 saturated carbocycles. The fourth-order valence-corrected chi connectivity index (χ4v) is 2.16. The van der Waals surface area contributed by atoms with Crippen LogP contribution in [0.5, 0.6) is 0 Å². The summed E-state index contributed by atoms with van der Waals surface area (Å²) in [4.78, 5) is 15.3. The maximum Gasteiger partial charge on any atom is 0.254 e. The first-order chi connectivity index (χ1) is 8.04. The van der Waals surface area contributed by atoms with Gasteiger partial charge in [0.25, 0.3) is 5.91 Å². The van der Waals surface area contributed by atoms with Gasteiger partial charge in [-0.15, -0.1) is 0 Å². The normalized spacial score (nSPS) is 12.2.